The second-order valence-corrected chi connectivity index (χ2v) is 5.50. The monoisotopic (exact) mass is 304 g/mol. The Morgan fingerprint density at radius 1 is 1.41 bits per heavy atom. The van der Waals surface area contributed by atoms with E-state index >= 15 is 0 Å². The molecule has 0 unspecified atom stereocenters. The second-order valence-electron chi connectivity index (χ2n) is 5.50. The minimum atomic E-state index is 0.0576. The summed E-state index contributed by atoms with van der Waals surface area (Å²) in [7, 11) is 0. The zero-order valence-corrected chi connectivity index (χ0v) is 13.7. The number of nitrogens with one attached hydrogen (secondary N) is 2. The smallest absolute Gasteiger partial charge is 0.252 e. The van der Waals surface area contributed by atoms with E-state index in [9.17, 15) is 4.79 Å². The molecule has 0 aromatic carbocycles. The van der Waals surface area contributed by atoms with Crippen LogP contribution in [0.1, 0.15) is 37.2 Å². The predicted octanol–water partition coefficient (Wildman–Crippen LogP) is 0.788. The van der Waals surface area contributed by atoms with Crippen molar-refractivity contribution in [2.24, 2.45) is 0 Å². The summed E-state index contributed by atoms with van der Waals surface area (Å²) < 4.78 is 1.72. The minimum Gasteiger partial charge on any atom is -0.355 e. The van der Waals surface area contributed by atoms with Crippen LogP contribution in [-0.4, -0.2) is 44.6 Å². The van der Waals surface area contributed by atoms with Crippen molar-refractivity contribution >= 4 is 11.7 Å². The molecular formula is C15H24N6O. The Labute approximate surface area is 130 Å². The van der Waals surface area contributed by atoms with E-state index in [1.54, 1.807) is 4.52 Å². The van der Waals surface area contributed by atoms with Crippen LogP contribution in [0.25, 0.3) is 5.78 Å². The highest BCUT2D eigenvalue weighted by Gasteiger charge is 2.12. The van der Waals surface area contributed by atoms with Crippen molar-refractivity contribution in [2.75, 3.05) is 13.1 Å². The van der Waals surface area contributed by atoms with Crippen LogP contribution in [0.15, 0.2) is 6.33 Å². The first-order chi connectivity index (χ1) is 10.5. The van der Waals surface area contributed by atoms with Gasteiger partial charge in [-0.1, -0.05) is 6.92 Å². The summed E-state index contributed by atoms with van der Waals surface area (Å²) in [5.74, 6) is 0.657. The average Bonchev–Trinajstić information content (AvgIpc) is 2.93. The van der Waals surface area contributed by atoms with Crippen molar-refractivity contribution < 1.29 is 4.79 Å². The molecule has 2 rings (SSSR count). The number of aromatic nitrogens is 4. The van der Waals surface area contributed by atoms with Crippen LogP contribution < -0.4 is 10.6 Å². The Hall–Kier alpha value is -2.02. The lowest BCUT2D eigenvalue weighted by Gasteiger charge is -2.14. The van der Waals surface area contributed by atoms with Gasteiger partial charge in [0, 0.05) is 30.4 Å². The molecule has 0 aliphatic carbocycles. The molecule has 2 aromatic rings. The number of hydrogen-bond acceptors (Lipinski definition) is 5. The molecule has 120 valence electrons. The van der Waals surface area contributed by atoms with E-state index in [0.717, 1.165) is 23.5 Å². The molecule has 0 spiro atoms. The summed E-state index contributed by atoms with van der Waals surface area (Å²) in [6, 6.07) is 0.283. The van der Waals surface area contributed by atoms with Gasteiger partial charge in [-0.3, -0.25) is 4.79 Å². The standard InChI is InChI=1S/C15H24N6O/c1-5-16-10(2)8-17-14(22)7-6-13-11(3)20-15-18-9-19-21(15)12(13)4/h9-10,16H,5-8H2,1-4H3,(H,17,22)/t10-/m1/s1. The molecule has 0 aliphatic heterocycles. The summed E-state index contributed by atoms with van der Waals surface area (Å²) in [5.41, 5.74) is 2.97. The van der Waals surface area contributed by atoms with Gasteiger partial charge in [-0.15, -0.1) is 0 Å². The molecule has 0 aliphatic rings. The fourth-order valence-corrected chi connectivity index (χ4v) is 2.53. The second kappa shape index (κ2) is 7.31. The Kier molecular flexibility index (Phi) is 5.43. The van der Waals surface area contributed by atoms with Crippen LogP contribution in [-0.2, 0) is 11.2 Å². The van der Waals surface area contributed by atoms with Gasteiger partial charge in [0.1, 0.15) is 6.33 Å². The third kappa shape index (κ3) is 3.79. The number of nitrogens with zero attached hydrogens (tertiary/aromatic N) is 4. The molecule has 2 N–H and O–H groups in total. The van der Waals surface area contributed by atoms with E-state index in [4.69, 9.17) is 0 Å². The molecule has 7 nitrogen and oxygen atoms in total. The van der Waals surface area contributed by atoms with Crippen molar-refractivity contribution in [1.82, 2.24) is 30.2 Å². The van der Waals surface area contributed by atoms with E-state index in [2.05, 4.69) is 39.5 Å². The number of aryl methyl sites for hydroxylation is 2. The van der Waals surface area contributed by atoms with Crippen LogP contribution >= 0.6 is 0 Å². The molecule has 0 saturated heterocycles. The first-order valence-electron chi connectivity index (χ1n) is 7.68. The lowest BCUT2D eigenvalue weighted by molar-refractivity contribution is -0.121. The van der Waals surface area contributed by atoms with E-state index in [1.807, 2.05) is 13.8 Å². The summed E-state index contributed by atoms with van der Waals surface area (Å²) in [6.07, 6.45) is 2.59. The normalized spacial score (nSPS) is 12.5. The summed E-state index contributed by atoms with van der Waals surface area (Å²) in [5, 5.41) is 10.4. The van der Waals surface area contributed by atoms with E-state index < -0.39 is 0 Å². The summed E-state index contributed by atoms with van der Waals surface area (Å²) >= 11 is 0. The number of hydrogen-bond donors (Lipinski definition) is 2. The highest BCUT2D eigenvalue weighted by molar-refractivity contribution is 5.76. The highest BCUT2D eigenvalue weighted by Crippen LogP contribution is 2.14. The van der Waals surface area contributed by atoms with Crippen LogP contribution in [0, 0.1) is 13.8 Å². The van der Waals surface area contributed by atoms with Crippen LogP contribution in [0.5, 0.6) is 0 Å². The maximum absolute atomic E-state index is 12.0. The van der Waals surface area contributed by atoms with Crippen molar-refractivity contribution in [1.29, 1.82) is 0 Å². The first kappa shape index (κ1) is 16.4. The van der Waals surface area contributed by atoms with Crippen LogP contribution in [0.2, 0.25) is 0 Å². The van der Waals surface area contributed by atoms with Crippen LogP contribution in [0.4, 0.5) is 0 Å². The fourth-order valence-electron chi connectivity index (χ4n) is 2.53. The zero-order valence-electron chi connectivity index (χ0n) is 13.7. The third-order valence-corrected chi connectivity index (χ3v) is 3.75. The lowest BCUT2D eigenvalue weighted by Crippen LogP contribution is -2.38. The number of amides is 1. The van der Waals surface area contributed by atoms with E-state index in [0.29, 0.717) is 25.2 Å². The maximum Gasteiger partial charge on any atom is 0.252 e. The van der Waals surface area contributed by atoms with Crippen molar-refractivity contribution in [2.45, 2.75) is 46.6 Å². The molecule has 7 heteroatoms. The Balaban J connectivity index is 1.95. The number of likely N-dealkylation sites (N-methyl/N-ethyl adjacent to an activating group) is 1. The van der Waals surface area contributed by atoms with Gasteiger partial charge in [-0.25, -0.2) is 9.50 Å². The fraction of sp³-hybridized carbons (Fsp3) is 0.600. The van der Waals surface area contributed by atoms with Crippen molar-refractivity contribution in [3.05, 3.63) is 23.3 Å². The molecular weight excluding hydrogens is 280 g/mol. The van der Waals surface area contributed by atoms with Gasteiger partial charge in [0.25, 0.3) is 5.78 Å². The number of fused-ring (bicyclic) bond motifs is 1. The van der Waals surface area contributed by atoms with Gasteiger partial charge < -0.3 is 10.6 Å². The Morgan fingerprint density at radius 2 is 2.18 bits per heavy atom. The quantitative estimate of drug-likeness (QED) is 0.790. The van der Waals surface area contributed by atoms with Gasteiger partial charge in [-0.05, 0) is 39.3 Å². The molecule has 0 bridgehead atoms. The molecule has 1 atom stereocenters. The summed E-state index contributed by atoms with van der Waals surface area (Å²) in [6.45, 7) is 9.58. The van der Waals surface area contributed by atoms with Gasteiger partial charge in [0.2, 0.25) is 5.91 Å². The number of carbonyl (C=O) groups is 1. The molecule has 0 saturated carbocycles. The number of carbonyl (C=O) groups excluding carboxylic acids is 1. The summed E-state index contributed by atoms with van der Waals surface area (Å²) in [4.78, 5) is 20.5. The molecule has 1 amide bonds. The first-order valence-corrected chi connectivity index (χ1v) is 7.68. The largest absolute Gasteiger partial charge is 0.355 e. The minimum absolute atomic E-state index is 0.0576. The molecule has 2 aromatic heterocycles. The molecule has 2 heterocycles. The predicted molar refractivity (Wildman–Crippen MR) is 84.7 cm³/mol. The van der Waals surface area contributed by atoms with Gasteiger partial charge in [-0.2, -0.15) is 10.1 Å². The van der Waals surface area contributed by atoms with E-state index in [1.165, 1.54) is 6.33 Å². The van der Waals surface area contributed by atoms with E-state index in [-0.39, 0.29) is 11.9 Å². The molecule has 0 radical (unpaired) electrons. The lowest BCUT2D eigenvalue weighted by atomic mass is 10.1. The maximum atomic E-state index is 12.0. The van der Waals surface area contributed by atoms with Crippen molar-refractivity contribution in [3.63, 3.8) is 0 Å². The third-order valence-electron chi connectivity index (χ3n) is 3.75. The Bertz CT molecular complexity index is 651. The van der Waals surface area contributed by atoms with Crippen LogP contribution in [0.3, 0.4) is 0 Å². The Morgan fingerprint density at radius 3 is 2.91 bits per heavy atom. The van der Waals surface area contributed by atoms with Gasteiger partial charge >= 0.3 is 0 Å². The van der Waals surface area contributed by atoms with Gasteiger partial charge in [0.05, 0.1) is 0 Å². The molecule has 22 heavy (non-hydrogen) atoms. The van der Waals surface area contributed by atoms with Gasteiger partial charge in [0.15, 0.2) is 0 Å². The topological polar surface area (TPSA) is 84.2 Å². The SMILES string of the molecule is CCN[C@H](C)CNC(=O)CCc1c(C)nc2ncnn2c1C. The highest BCUT2D eigenvalue weighted by atomic mass is 16.1. The zero-order chi connectivity index (χ0) is 16.1. The number of rotatable bonds is 7. The molecule has 0 fully saturated rings. The average molecular weight is 304 g/mol. The van der Waals surface area contributed by atoms with Crippen molar-refractivity contribution in [3.8, 4) is 0 Å².